The Bertz CT molecular complexity index is 1240. The second-order valence-electron chi connectivity index (χ2n) is 8.86. The topological polar surface area (TPSA) is 89.0 Å². The number of halogens is 1. The molecule has 2 aliphatic rings. The number of ether oxygens (including phenoxy) is 1. The van der Waals surface area contributed by atoms with Gasteiger partial charge in [-0.1, -0.05) is 84.0 Å². The third kappa shape index (κ3) is 5.44. The highest BCUT2D eigenvalue weighted by atomic mass is 79.9. The Kier molecular flexibility index (Phi) is 7.32. The summed E-state index contributed by atoms with van der Waals surface area (Å²) >= 11 is 3.30. The van der Waals surface area contributed by atoms with Crippen LogP contribution in [0.1, 0.15) is 29.0 Å². The third-order valence-electron chi connectivity index (χ3n) is 6.44. The second-order valence-corrected chi connectivity index (χ2v) is 9.77. The monoisotopic (exact) mass is 547 g/mol. The van der Waals surface area contributed by atoms with E-state index >= 15 is 0 Å². The van der Waals surface area contributed by atoms with Crippen LogP contribution in [0.4, 0.5) is 4.79 Å². The molecule has 0 aromatic heterocycles. The van der Waals surface area contributed by atoms with E-state index in [1.54, 1.807) is 0 Å². The smallest absolute Gasteiger partial charge is 0.407 e. The summed E-state index contributed by atoms with van der Waals surface area (Å²) in [4.78, 5) is 31.2. The first-order chi connectivity index (χ1) is 17.6. The van der Waals surface area contributed by atoms with Crippen LogP contribution < -0.4 is 10.6 Å². The van der Waals surface area contributed by atoms with Crippen molar-refractivity contribution in [3.05, 3.63) is 95.6 Å². The van der Waals surface area contributed by atoms with Gasteiger partial charge in [0.25, 0.3) is 0 Å². The van der Waals surface area contributed by atoms with E-state index < -0.39 is 12.1 Å². The molecule has 3 aromatic carbocycles. The van der Waals surface area contributed by atoms with E-state index in [1.165, 1.54) is 0 Å². The summed E-state index contributed by atoms with van der Waals surface area (Å²) in [5.74, 6) is -0.360. The van der Waals surface area contributed by atoms with Gasteiger partial charge in [-0.05, 0) is 43.7 Å². The fourth-order valence-corrected chi connectivity index (χ4v) is 5.13. The molecule has 0 saturated carbocycles. The zero-order chi connectivity index (χ0) is 24.9. The molecule has 1 unspecified atom stereocenters. The van der Waals surface area contributed by atoms with Crippen LogP contribution in [0.15, 0.2) is 84.0 Å². The second kappa shape index (κ2) is 11.0. The first kappa shape index (κ1) is 24.1. The first-order valence-corrected chi connectivity index (χ1v) is 12.7. The number of oxime groups is 1. The predicted molar refractivity (Wildman–Crippen MR) is 141 cm³/mol. The maximum atomic E-state index is 13.0. The molecule has 3 aromatic rings. The Morgan fingerprint density at radius 3 is 2.25 bits per heavy atom. The van der Waals surface area contributed by atoms with E-state index in [4.69, 9.17) is 9.57 Å². The van der Waals surface area contributed by atoms with Gasteiger partial charge in [0, 0.05) is 18.8 Å². The molecule has 2 amide bonds. The van der Waals surface area contributed by atoms with Crippen molar-refractivity contribution in [2.24, 2.45) is 5.16 Å². The average molecular weight is 548 g/mol. The number of alkyl carbamates (subject to hydrolysis) is 1. The molecule has 2 atom stereocenters. The van der Waals surface area contributed by atoms with E-state index in [1.807, 2.05) is 54.6 Å². The zero-order valence-electron chi connectivity index (χ0n) is 19.5. The number of nitrogens with zero attached hydrogens (tertiary/aromatic N) is 1. The van der Waals surface area contributed by atoms with Crippen molar-refractivity contribution in [1.82, 2.24) is 10.6 Å². The summed E-state index contributed by atoms with van der Waals surface area (Å²) in [5, 5.41) is 9.48. The maximum absolute atomic E-state index is 13.0. The van der Waals surface area contributed by atoms with Crippen LogP contribution in [0.5, 0.6) is 0 Å². The summed E-state index contributed by atoms with van der Waals surface area (Å²) < 4.78 is 6.38. The molecule has 0 fully saturated rings. The van der Waals surface area contributed by atoms with E-state index in [-0.39, 0.29) is 31.1 Å². The van der Waals surface area contributed by atoms with E-state index in [0.717, 1.165) is 27.8 Å². The minimum absolute atomic E-state index is 0.0532. The van der Waals surface area contributed by atoms with Crippen molar-refractivity contribution < 1.29 is 19.2 Å². The Morgan fingerprint density at radius 1 is 0.972 bits per heavy atom. The van der Waals surface area contributed by atoms with Gasteiger partial charge in [0.2, 0.25) is 5.91 Å². The highest BCUT2D eigenvalue weighted by molar-refractivity contribution is 9.18. The van der Waals surface area contributed by atoms with Gasteiger partial charge in [0.1, 0.15) is 17.3 Å². The van der Waals surface area contributed by atoms with E-state index in [9.17, 15) is 9.59 Å². The molecule has 184 valence electrons. The number of hydrogen-bond acceptors (Lipinski definition) is 5. The molecule has 1 aliphatic carbocycles. The lowest BCUT2D eigenvalue weighted by molar-refractivity contribution is -0.123. The summed E-state index contributed by atoms with van der Waals surface area (Å²) in [5.41, 5.74) is 5.52. The van der Waals surface area contributed by atoms with E-state index in [0.29, 0.717) is 17.5 Å². The number of carbonyl (C=O) groups excluding carboxylic acids is 2. The van der Waals surface area contributed by atoms with Crippen molar-refractivity contribution >= 4 is 32.6 Å². The number of carbonyl (C=O) groups is 2. The minimum Gasteiger partial charge on any atom is -0.449 e. The highest BCUT2D eigenvalue weighted by Crippen LogP contribution is 2.44. The third-order valence-corrected chi connectivity index (χ3v) is 6.90. The molecule has 1 aliphatic heterocycles. The van der Waals surface area contributed by atoms with Gasteiger partial charge in [-0.2, -0.15) is 0 Å². The lowest BCUT2D eigenvalue weighted by Crippen LogP contribution is -2.49. The molecule has 2 N–H and O–H groups in total. The van der Waals surface area contributed by atoms with Crippen LogP contribution in [-0.2, 0) is 20.8 Å². The molecule has 0 spiro atoms. The van der Waals surface area contributed by atoms with Crippen molar-refractivity contribution in [3.8, 4) is 11.1 Å². The Balaban J connectivity index is 1.23. The quantitative estimate of drug-likeness (QED) is 0.426. The molecule has 8 heteroatoms. The maximum Gasteiger partial charge on any atom is 0.407 e. The fraction of sp³-hybridized carbons (Fsp3) is 0.250. The normalized spacial score (nSPS) is 16.8. The largest absolute Gasteiger partial charge is 0.449 e. The Hall–Kier alpha value is -3.65. The molecular weight excluding hydrogens is 522 g/mol. The van der Waals surface area contributed by atoms with Gasteiger partial charge >= 0.3 is 6.09 Å². The van der Waals surface area contributed by atoms with Gasteiger partial charge in [-0.3, -0.25) is 4.79 Å². The molecule has 1 heterocycles. The number of rotatable bonds is 8. The SMILES string of the molecule is O=C(N[C@@H](Cc1ccccc1)C(=O)NCC1CC(Br)=NO1)OCC1c2ccccc2-c2ccccc21. The molecule has 36 heavy (non-hydrogen) atoms. The fourth-order valence-electron chi connectivity index (χ4n) is 4.68. The van der Waals surface area contributed by atoms with Crippen LogP contribution in [0.3, 0.4) is 0 Å². The molecule has 7 nitrogen and oxygen atoms in total. The van der Waals surface area contributed by atoms with Crippen LogP contribution in [0, 0.1) is 0 Å². The van der Waals surface area contributed by atoms with Crippen molar-refractivity contribution in [3.63, 3.8) is 0 Å². The lowest BCUT2D eigenvalue weighted by Gasteiger charge is -2.20. The van der Waals surface area contributed by atoms with Gasteiger partial charge in [0.05, 0.1) is 6.54 Å². The van der Waals surface area contributed by atoms with Crippen LogP contribution in [0.25, 0.3) is 11.1 Å². The predicted octanol–water partition coefficient (Wildman–Crippen LogP) is 4.75. The van der Waals surface area contributed by atoms with E-state index in [2.05, 4.69) is 56.0 Å². The lowest BCUT2D eigenvalue weighted by atomic mass is 9.98. The van der Waals surface area contributed by atoms with Crippen molar-refractivity contribution in [2.45, 2.75) is 30.9 Å². The van der Waals surface area contributed by atoms with Gasteiger partial charge in [-0.25, -0.2) is 4.79 Å². The summed E-state index contributed by atoms with van der Waals surface area (Å²) in [6, 6.07) is 25.1. The molecule has 5 rings (SSSR count). The first-order valence-electron chi connectivity index (χ1n) is 11.9. The van der Waals surface area contributed by atoms with Gasteiger partial charge in [0.15, 0.2) is 6.10 Å². The Morgan fingerprint density at radius 2 is 1.61 bits per heavy atom. The Labute approximate surface area is 218 Å². The number of benzene rings is 3. The molecule has 0 saturated heterocycles. The number of amides is 2. The number of hydrogen-bond donors (Lipinski definition) is 2. The van der Waals surface area contributed by atoms with Gasteiger partial charge in [-0.15, -0.1) is 0 Å². The number of nitrogens with one attached hydrogen (secondary N) is 2. The molecule has 0 bridgehead atoms. The molecule has 0 radical (unpaired) electrons. The summed E-state index contributed by atoms with van der Waals surface area (Å²) in [6.45, 7) is 0.468. The van der Waals surface area contributed by atoms with Gasteiger partial charge < -0.3 is 20.2 Å². The minimum atomic E-state index is -0.797. The number of fused-ring (bicyclic) bond motifs is 3. The van der Waals surface area contributed by atoms with Crippen molar-refractivity contribution in [2.75, 3.05) is 13.2 Å². The van der Waals surface area contributed by atoms with Crippen LogP contribution in [0.2, 0.25) is 0 Å². The summed E-state index contributed by atoms with van der Waals surface area (Å²) in [6.07, 6.45) is 0.0535. The molecular formula is C28H26BrN3O4. The standard InChI is InChI=1S/C28H26BrN3O4/c29-26-15-19(36-32-26)16-30-27(33)25(14-18-8-2-1-3-9-18)31-28(34)35-17-24-22-12-6-4-10-20(22)21-11-5-7-13-23(21)24/h1-13,19,24-25H,14-17H2,(H,30,33)(H,31,34)/t19?,25-/m0/s1. The summed E-state index contributed by atoms with van der Waals surface area (Å²) in [7, 11) is 0. The van der Waals surface area contributed by atoms with Crippen molar-refractivity contribution in [1.29, 1.82) is 0 Å². The van der Waals surface area contributed by atoms with Crippen LogP contribution in [-0.4, -0.2) is 41.9 Å². The average Bonchev–Trinajstić information content (AvgIpc) is 3.47. The van der Waals surface area contributed by atoms with Crippen LogP contribution >= 0.6 is 15.9 Å². The zero-order valence-corrected chi connectivity index (χ0v) is 21.1. The highest BCUT2D eigenvalue weighted by Gasteiger charge is 2.30.